The highest BCUT2D eigenvalue weighted by Crippen LogP contribution is 2.33. The predicted molar refractivity (Wildman–Crippen MR) is 119 cm³/mol. The molecule has 0 atom stereocenters. The van der Waals surface area contributed by atoms with Crippen molar-refractivity contribution in [1.29, 1.82) is 0 Å². The summed E-state index contributed by atoms with van der Waals surface area (Å²) >= 11 is 0. The van der Waals surface area contributed by atoms with E-state index in [1.54, 1.807) is 18.3 Å². The van der Waals surface area contributed by atoms with Crippen molar-refractivity contribution in [2.75, 3.05) is 16.2 Å². The van der Waals surface area contributed by atoms with E-state index in [1.165, 1.54) is 29.3 Å². The van der Waals surface area contributed by atoms with E-state index in [-0.39, 0.29) is 16.4 Å². The first-order chi connectivity index (χ1) is 15.0. The molecule has 5 rings (SSSR count). The smallest absolute Gasteiger partial charge is 0.264 e. The predicted octanol–water partition coefficient (Wildman–Crippen LogP) is 3.69. The monoisotopic (exact) mass is 436 g/mol. The molecule has 1 aliphatic heterocycles. The summed E-state index contributed by atoms with van der Waals surface area (Å²) in [5.41, 5.74) is 2.02. The summed E-state index contributed by atoms with van der Waals surface area (Å²) in [4.78, 5) is 17.2. The Balaban J connectivity index is 1.40. The normalized spacial score (nSPS) is 16.1. The topological polar surface area (TPSA) is 84.3 Å². The van der Waals surface area contributed by atoms with Gasteiger partial charge in [-0.3, -0.25) is 14.4 Å². The van der Waals surface area contributed by atoms with E-state index < -0.39 is 10.0 Å². The van der Waals surface area contributed by atoms with Crippen molar-refractivity contribution in [3.63, 3.8) is 0 Å². The standard InChI is InChI=1S/C23H24N4O3S/c28-22(25-23-24-12-14-26(23)16-17-10-11-17)19-6-3-8-20(15-19)31(29,30)27-13-4-7-18-5-1-2-9-21(18)27/h1-3,5-6,8-9,12,14-15,17H,4,7,10-11,13,16H2,(H,24,25,28). The van der Waals surface area contributed by atoms with Crippen LogP contribution in [0.2, 0.25) is 0 Å². The maximum atomic E-state index is 13.4. The van der Waals surface area contributed by atoms with Crippen molar-refractivity contribution in [2.24, 2.45) is 5.92 Å². The molecule has 0 spiro atoms. The summed E-state index contributed by atoms with van der Waals surface area (Å²) in [6.07, 6.45) is 7.53. The molecule has 1 saturated carbocycles. The lowest BCUT2D eigenvalue weighted by Gasteiger charge is -2.30. The number of nitrogens with one attached hydrogen (secondary N) is 1. The van der Waals surface area contributed by atoms with Crippen LogP contribution < -0.4 is 9.62 Å². The minimum Gasteiger partial charge on any atom is -0.317 e. The minimum absolute atomic E-state index is 0.109. The first-order valence-corrected chi connectivity index (χ1v) is 12.0. The first kappa shape index (κ1) is 19.8. The number of nitrogens with zero attached hydrogens (tertiary/aromatic N) is 3. The molecule has 1 amide bonds. The third-order valence-corrected chi connectivity index (χ3v) is 7.65. The highest BCUT2D eigenvalue weighted by atomic mass is 32.2. The number of amides is 1. The molecule has 0 saturated heterocycles. The molecule has 0 bridgehead atoms. The number of rotatable bonds is 6. The number of fused-ring (bicyclic) bond motifs is 1. The van der Waals surface area contributed by atoms with E-state index in [9.17, 15) is 13.2 Å². The van der Waals surface area contributed by atoms with Gasteiger partial charge in [-0.05, 0) is 61.4 Å². The largest absolute Gasteiger partial charge is 0.317 e. The lowest BCUT2D eigenvalue weighted by atomic mass is 10.0. The van der Waals surface area contributed by atoms with Gasteiger partial charge in [0.15, 0.2) is 0 Å². The Kier molecular flexibility index (Phi) is 5.02. The number of aromatic nitrogens is 2. The van der Waals surface area contributed by atoms with Crippen molar-refractivity contribution >= 4 is 27.6 Å². The number of hydrogen-bond donors (Lipinski definition) is 1. The summed E-state index contributed by atoms with van der Waals surface area (Å²) in [5, 5.41) is 2.82. The van der Waals surface area contributed by atoms with Crippen molar-refractivity contribution in [1.82, 2.24) is 9.55 Å². The number of benzene rings is 2. The number of hydrogen-bond acceptors (Lipinski definition) is 4. The number of anilines is 2. The first-order valence-electron chi connectivity index (χ1n) is 10.6. The molecule has 3 aromatic rings. The molecule has 7 nitrogen and oxygen atoms in total. The molecule has 2 aromatic carbocycles. The van der Waals surface area contributed by atoms with E-state index in [0.717, 1.165) is 24.9 Å². The van der Waals surface area contributed by atoms with Crippen LogP contribution >= 0.6 is 0 Å². The Hall–Kier alpha value is -3.13. The van der Waals surface area contributed by atoms with Gasteiger partial charge in [0.2, 0.25) is 5.95 Å². The molecular formula is C23H24N4O3S. The highest BCUT2D eigenvalue weighted by Gasteiger charge is 2.29. The second kappa shape index (κ2) is 7.85. The molecule has 1 N–H and O–H groups in total. The molecule has 31 heavy (non-hydrogen) atoms. The van der Waals surface area contributed by atoms with Gasteiger partial charge in [-0.15, -0.1) is 0 Å². The second-order valence-corrected chi connectivity index (χ2v) is 10.0. The van der Waals surface area contributed by atoms with Gasteiger partial charge in [0.1, 0.15) is 0 Å². The van der Waals surface area contributed by atoms with Crippen molar-refractivity contribution in [2.45, 2.75) is 37.1 Å². The fraction of sp³-hybridized carbons (Fsp3) is 0.304. The summed E-state index contributed by atoms with van der Waals surface area (Å²) in [6.45, 7) is 1.26. The minimum atomic E-state index is -3.78. The van der Waals surface area contributed by atoms with Crippen LogP contribution in [0.4, 0.5) is 11.6 Å². The number of para-hydroxylation sites is 1. The van der Waals surface area contributed by atoms with Crippen LogP contribution in [0.25, 0.3) is 0 Å². The molecule has 2 aliphatic rings. The Bertz CT molecular complexity index is 1230. The van der Waals surface area contributed by atoms with Gasteiger partial charge in [0, 0.05) is 31.0 Å². The molecular weight excluding hydrogens is 412 g/mol. The Morgan fingerprint density at radius 1 is 1.13 bits per heavy atom. The van der Waals surface area contributed by atoms with Crippen LogP contribution in [0.5, 0.6) is 0 Å². The average molecular weight is 437 g/mol. The summed E-state index contributed by atoms with van der Waals surface area (Å²) in [6, 6.07) is 13.8. The maximum Gasteiger partial charge on any atom is 0.264 e. The Labute approximate surface area is 181 Å². The lowest BCUT2D eigenvalue weighted by molar-refractivity contribution is 0.102. The zero-order valence-electron chi connectivity index (χ0n) is 17.1. The highest BCUT2D eigenvalue weighted by molar-refractivity contribution is 7.92. The molecule has 0 unspecified atom stereocenters. The Morgan fingerprint density at radius 2 is 1.97 bits per heavy atom. The number of imidazole rings is 1. The Morgan fingerprint density at radius 3 is 2.81 bits per heavy atom. The summed E-state index contributed by atoms with van der Waals surface area (Å²) < 4.78 is 30.2. The average Bonchev–Trinajstić information content (AvgIpc) is 3.51. The fourth-order valence-electron chi connectivity index (χ4n) is 4.01. The van der Waals surface area contributed by atoms with Gasteiger partial charge >= 0.3 is 0 Å². The number of carbonyl (C=O) groups excluding carboxylic acids is 1. The third kappa shape index (κ3) is 3.95. The van der Waals surface area contributed by atoms with Gasteiger partial charge in [-0.1, -0.05) is 24.3 Å². The number of aryl methyl sites for hydroxylation is 1. The van der Waals surface area contributed by atoms with Gasteiger partial charge in [0.25, 0.3) is 15.9 Å². The van der Waals surface area contributed by atoms with Crippen LogP contribution in [0, 0.1) is 5.92 Å². The van der Waals surface area contributed by atoms with Crippen LogP contribution in [0.1, 0.15) is 35.2 Å². The van der Waals surface area contributed by atoms with Crippen molar-refractivity contribution < 1.29 is 13.2 Å². The molecule has 1 fully saturated rings. The second-order valence-electron chi connectivity index (χ2n) is 8.14. The number of sulfonamides is 1. The van der Waals surface area contributed by atoms with E-state index in [2.05, 4.69) is 10.3 Å². The van der Waals surface area contributed by atoms with Gasteiger partial charge in [0.05, 0.1) is 10.6 Å². The van der Waals surface area contributed by atoms with E-state index in [0.29, 0.717) is 24.1 Å². The van der Waals surface area contributed by atoms with Crippen molar-refractivity contribution in [3.8, 4) is 0 Å². The maximum absolute atomic E-state index is 13.4. The molecule has 1 aliphatic carbocycles. The zero-order chi connectivity index (χ0) is 21.4. The third-order valence-electron chi connectivity index (χ3n) is 5.84. The molecule has 2 heterocycles. The summed E-state index contributed by atoms with van der Waals surface area (Å²) in [7, 11) is -3.78. The van der Waals surface area contributed by atoms with Crippen LogP contribution in [0.3, 0.4) is 0 Å². The fourth-order valence-corrected chi connectivity index (χ4v) is 5.59. The molecule has 160 valence electrons. The zero-order valence-corrected chi connectivity index (χ0v) is 17.9. The van der Waals surface area contributed by atoms with Gasteiger partial charge in [-0.2, -0.15) is 0 Å². The van der Waals surface area contributed by atoms with Gasteiger partial charge in [-0.25, -0.2) is 13.4 Å². The quantitative estimate of drug-likeness (QED) is 0.639. The van der Waals surface area contributed by atoms with E-state index >= 15 is 0 Å². The number of carbonyl (C=O) groups is 1. The SMILES string of the molecule is O=C(Nc1nccn1CC1CC1)c1cccc(S(=O)(=O)N2CCCc3ccccc32)c1. The van der Waals surface area contributed by atoms with Gasteiger partial charge < -0.3 is 4.57 Å². The lowest BCUT2D eigenvalue weighted by Crippen LogP contribution is -2.35. The van der Waals surface area contributed by atoms with Crippen molar-refractivity contribution in [3.05, 3.63) is 72.1 Å². The van der Waals surface area contributed by atoms with E-state index in [4.69, 9.17) is 0 Å². The van der Waals surface area contributed by atoms with E-state index in [1.807, 2.05) is 35.0 Å². The van der Waals surface area contributed by atoms with Crippen LogP contribution in [-0.4, -0.2) is 30.4 Å². The van der Waals surface area contributed by atoms with Crippen LogP contribution in [-0.2, 0) is 23.0 Å². The molecule has 1 aromatic heterocycles. The van der Waals surface area contributed by atoms with Crippen LogP contribution in [0.15, 0.2) is 65.8 Å². The summed E-state index contributed by atoms with van der Waals surface area (Å²) in [5.74, 6) is 0.750. The molecule has 0 radical (unpaired) electrons. The molecule has 8 heteroatoms.